The third-order valence-electron chi connectivity index (χ3n) is 7.04. The first-order valence-corrected chi connectivity index (χ1v) is 12.6. The van der Waals surface area contributed by atoms with Crippen LogP contribution in [0.5, 0.6) is 5.75 Å². The largest absolute Gasteiger partial charge is 0.489 e. The minimum absolute atomic E-state index is 0.0962. The number of benzene rings is 2. The number of nitrogens with zero attached hydrogens (tertiary/aromatic N) is 3. The standard InChI is InChI=1S/C29H29N5O2/c30-18-22-16-20(4-6-28(22)36-23-8-14-35-15-9-23)24-2-1-3-26-25(24)17-27(33-26)21-5-7-29(32-19-21)34-12-10-31-11-13-34/h1-7,16-17,19,23,31,33H,8-15H2. The predicted molar refractivity (Wildman–Crippen MR) is 141 cm³/mol. The second-order valence-corrected chi connectivity index (χ2v) is 9.34. The van der Waals surface area contributed by atoms with E-state index in [2.05, 4.69) is 51.6 Å². The second-order valence-electron chi connectivity index (χ2n) is 9.34. The summed E-state index contributed by atoms with van der Waals surface area (Å²) in [7, 11) is 0. The van der Waals surface area contributed by atoms with Crippen molar-refractivity contribution in [2.45, 2.75) is 18.9 Å². The predicted octanol–water partition coefficient (Wildman–Crippen LogP) is 4.74. The maximum absolute atomic E-state index is 9.83. The molecule has 2 aliphatic rings. The van der Waals surface area contributed by atoms with Gasteiger partial charge in [-0.3, -0.25) is 0 Å². The Bertz CT molecular complexity index is 1390. The van der Waals surface area contributed by atoms with E-state index < -0.39 is 0 Å². The molecule has 4 heterocycles. The number of anilines is 1. The van der Waals surface area contributed by atoms with Crippen LogP contribution in [0.2, 0.25) is 0 Å². The lowest BCUT2D eigenvalue weighted by atomic mass is 9.99. The minimum Gasteiger partial charge on any atom is -0.489 e. The van der Waals surface area contributed by atoms with Gasteiger partial charge in [0.25, 0.3) is 0 Å². The Balaban J connectivity index is 1.29. The Morgan fingerprint density at radius 3 is 2.61 bits per heavy atom. The van der Waals surface area contributed by atoms with Crippen LogP contribution in [0.25, 0.3) is 33.3 Å². The van der Waals surface area contributed by atoms with Crippen LogP contribution in [0, 0.1) is 11.3 Å². The van der Waals surface area contributed by atoms with Gasteiger partial charge in [-0.05, 0) is 47.5 Å². The third-order valence-corrected chi connectivity index (χ3v) is 7.04. The Morgan fingerprint density at radius 2 is 1.83 bits per heavy atom. The number of pyridine rings is 1. The van der Waals surface area contributed by atoms with E-state index in [-0.39, 0.29) is 6.10 Å². The van der Waals surface area contributed by atoms with Gasteiger partial charge >= 0.3 is 0 Å². The van der Waals surface area contributed by atoms with E-state index in [1.165, 1.54) is 0 Å². The monoisotopic (exact) mass is 479 g/mol. The summed E-state index contributed by atoms with van der Waals surface area (Å²) in [5.74, 6) is 1.66. The highest BCUT2D eigenvalue weighted by molar-refractivity contribution is 5.98. The molecule has 0 spiro atoms. The molecular weight excluding hydrogens is 450 g/mol. The molecule has 0 bridgehead atoms. The van der Waals surface area contributed by atoms with Crippen LogP contribution in [0.4, 0.5) is 5.82 Å². The molecule has 2 saturated heterocycles. The van der Waals surface area contributed by atoms with Gasteiger partial charge in [0.2, 0.25) is 0 Å². The average Bonchev–Trinajstić information content (AvgIpc) is 3.39. The summed E-state index contributed by atoms with van der Waals surface area (Å²) in [4.78, 5) is 10.6. The van der Waals surface area contributed by atoms with E-state index in [1.807, 2.05) is 30.5 Å². The van der Waals surface area contributed by atoms with Crippen molar-refractivity contribution in [1.29, 1.82) is 5.26 Å². The SMILES string of the molecule is N#Cc1cc(-c2cccc3[nH]c(-c4ccc(N5CCNCC5)nc4)cc23)ccc1OC1CCOCC1. The number of nitriles is 1. The molecule has 0 unspecified atom stereocenters. The molecule has 0 amide bonds. The van der Waals surface area contributed by atoms with Gasteiger partial charge < -0.3 is 24.7 Å². The van der Waals surface area contributed by atoms with Gasteiger partial charge in [-0.25, -0.2) is 4.98 Å². The molecule has 7 nitrogen and oxygen atoms in total. The molecule has 2 aromatic heterocycles. The molecule has 7 heteroatoms. The summed E-state index contributed by atoms with van der Waals surface area (Å²) in [5.41, 5.74) is 5.75. The molecule has 0 saturated carbocycles. The van der Waals surface area contributed by atoms with Crippen LogP contribution in [-0.2, 0) is 4.74 Å². The molecule has 182 valence electrons. The molecule has 36 heavy (non-hydrogen) atoms. The Morgan fingerprint density at radius 1 is 1.00 bits per heavy atom. The first-order chi connectivity index (χ1) is 17.8. The van der Waals surface area contributed by atoms with Gasteiger partial charge in [0.05, 0.1) is 18.8 Å². The topological polar surface area (TPSA) is 86.2 Å². The zero-order chi connectivity index (χ0) is 24.3. The van der Waals surface area contributed by atoms with Crippen LogP contribution >= 0.6 is 0 Å². The number of aromatic nitrogens is 2. The van der Waals surface area contributed by atoms with Crippen molar-refractivity contribution in [2.75, 3.05) is 44.3 Å². The molecule has 2 fully saturated rings. The number of ether oxygens (including phenoxy) is 2. The lowest BCUT2D eigenvalue weighted by Crippen LogP contribution is -2.43. The van der Waals surface area contributed by atoms with Crippen LogP contribution in [0.3, 0.4) is 0 Å². The maximum Gasteiger partial charge on any atom is 0.137 e. The molecule has 0 atom stereocenters. The van der Waals surface area contributed by atoms with Crippen LogP contribution in [0.1, 0.15) is 18.4 Å². The van der Waals surface area contributed by atoms with Crippen molar-refractivity contribution < 1.29 is 9.47 Å². The fourth-order valence-corrected chi connectivity index (χ4v) is 5.05. The fourth-order valence-electron chi connectivity index (χ4n) is 5.05. The van der Waals surface area contributed by atoms with Gasteiger partial charge in [-0.15, -0.1) is 0 Å². The van der Waals surface area contributed by atoms with Gasteiger partial charge in [-0.1, -0.05) is 18.2 Å². The molecule has 4 aromatic rings. The summed E-state index contributed by atoms with van der Waals surface area (Å²) in [6, 6.07) is 20.9. The summed E-state index contributed by atoms with van der Waals surface area (Å²) >= 11 is 0. The van der Waals surface area contributed by atoms with Gasteiger partial charge in [-0.2, -0.15) is 5.26 Å². The fraction of sp³-hybridized carbons (Fsp3) is 0.310. The summed E-state index contributed by atoms with van der Waals surface area (Å²) in [6.07, 6.45) is 3.74. The molecule has 6 rings (SSSR count). The van der Waals surface area contributed by atoms with E-state index >= 15 is 0 Å². The lowest BCUT2D eigenvalue weighted by molar-refractivity contribution is 0.0254. The summed E-state index contributed by atoms with van der Waals surface area (Å²) in [6.45, 7) is 5.35. The number of rotatable bonds is 5. The highest BCUT2D eigenvalue weighted by Crippen LogP contribution is 2.35. The van der Waals surface area contributed by atoms with Crippen LogP contribution in [-0.4, -0.2) is 55.5 Å². The Labute approximate surface area is 210 Å². The molecule has 2 N–H and O–H groups in total. The Hall–Kier alpha value is -3.86. The average molecular weight is 480 g/mol. The van der Waals surface area contributed by atoms with Crippen molar-refractivity contribution >= 4 is 16.7 Å². The first-order valence-electron chi connectivity index (χ1n) is 12.6. The summed E-state index contributed by atoms with van der Waals surface area (Å²) in [5, 5.41) is 14.3. The van der Waals surface area contributed by atoms with Crippen molar-refractivity contribution in [2.24, 2.45) is 0 Å². The summed E-state index contributed by atoms with van der Waals surface area (Å²) < 4.78 is 11.6. The van der Waals surface area contributed by atoms with E-state index in [4.69, 9.17) is 14.5 Å². The van der Waals surface area contributed by atoms with Crippen LogP contribution < -0.4 is 15.0 Å². The van der Waals surface area contributed by atoms with E-state index in [9.17, 15) is 5.26 Å². The number of H-pyrrole nitrogens is 1. The molecule has 0 aliphatic carbocycles. The number of hydrogen-bond acceptors (Lipinski definition) is 6. The van der Waals surface area contributed by atoms with Gasteiger partial charge in [0.15, 0.2) is 0 Å². The smallest absolute Gasteiger partial charge is 0.137 e. The van der Waals surface area contributed by atoms with Crippen molar-refractivity contribution in [3.05, 3.63) is 66.4 Å². The van der Waals surface area contributed by atoms with Crippen molar-refractivity contribution in [3.63, 3.8) is 0 Å². The molecule has 0 radical (unpaired) electrons. The third kappa shape index (κ3) is 4.53. The van der Waals surface area contributed by atoms with E-state index in [0.29, 0.717) is 24.5 Å². The van der Waals surface area contributed by atoms with Gasteiger partial charge in [0.1, 0.15) is 23.7 Å². The molecular formula is C29H29N5O2. The van der Waals surface area contributed by atoms with Crippen molar-refractivity contribution in [1.82, 2.24) is 15.3 Å². The van der Waals surface area contributed by atoms with Crippen LogP contribution in [0.15, 0.2) is 60.8 Å². The highest BCUT2D eigenvalue weighted by Gasteiger charge is 2.18. The van der Waals surface area contributed by atoms with E-state index in [0.717, 1.165) is 78.1 Å². The molecule has 2 aliphatic heterocycles. The number of fused-ring (bicyclic) bond motifs is 1. The number of nitrogens with one attached hydrogen (secondary N) is 2. The van der Waals surface area contributed by atoms with E-state index in [1.54, 1.807) is 0 Å². The number of hydrogen-bond donors (Lipinski definition) is 2. The van der Waals surface area contributed by atoms with Crippen molar-refractivity contribution in [3.8, 4) is 34.2 Å². The highest BCUT2D eigenvalue weighted by atomic mass is 16.5. The first kappa shape index (κ1) is 22.6. The number of aromatic amines is 1. The van der Waals surface area contributed by atoms with Gasteiger partial charge in [0, 0.05) is 67.4 Å². The quantitative estimate of drug-likeness (QED) is 0.430. The maximum atomic E-state index is 9.83. The Kier molecular flexibility index (Phi) is 6.29. The zero-order valence-corrected chi connectivity index (χ0v) is 20.2. The lowest BCUT2D eigenvalue weighted by Gasteiger charge is -2.28. The number of piperazine rings is 1. The zero-order valence-electron chi connectivity index (χ0n) is 20.2. The molecule has 2 aromatic carbocycles. The second kappa shape index (κ2) is 10.0. The normalized spacial score (nSPS) is 16.7. The minimum atomic E-state index is 0.0962.